The van der Waals surface area contributed by atoms with Crippen molar-refractivity contribution in [2.75, 3.05) is 6.54 Å². The smallest absolute Gasteiger partial charge is 0.326 e. The Morgan fingerprint density at radius 3 is 2.42 bits per heavy atom. The lowest BCUT2D eigenvalue weighted by Gasteiger charge is -2.34. The monoisotopic (exact) mass is 367 g/mol. The molecule has 1 heterocycles. The van der Waals surface area contributed by atoms with Crippen LogP contribution in [0, 0.1) is 11.8 Å². The molecule has 2 fully saturated rings. The van der Waals surface area contributed by atoms with Crippen molar-refractivity contribution >= 4 is 23.8 Å². The largest absolute Gasteiger partial charge is 0.480 e. The first-order valence-corrected chi connectivity index (χ1v) is 9.40. The predicted molar refractivity (Wildman–Crippen MR) is 94.2 cm³/mol. The lowest BCUT2D eigenvalue weighted by molar-refractivity contribution is -0.143. The first-order valence-electron chi connectivity index (χ1n) is 9.40. The molecule has 2 atom stereocenters. The zero-order valence-electron chi connectivity index (χ0n) is 15.7. The highest BCUT2D eigenvalue weighted by atomic mass is 16.4. The minimum atomic E-state index is -1.13. The topological polar surface area (TPSA) is 116 Å². The summed E-state index contributed by atoms with van der Waals surface area (Å²) >= 11 is 0. The molecular formula is C18H29N3O5. The predicted octanol–water partition coefficient (Wildman–Crippen LogP) is 1.49. The minimum Gasteiger partial charge on any atom is -0.480 e. The summed E-state index contributed by atoms with van der Waals surface area (Å²) in [6.45, 7) is 5.23. The molecule has 0 aromatic rings. The average Bonchev–Trinajstić information content (AvgIpc) is 2.83. The number of hydrogen-bond acceptors (Lipinski definition) is 4. The van der Waals surface area contributed by atoms with Gasteiger partial charge >= 0.3 is 12.0 Å². The molecule has 26 heavy (non-hydrogen) atoms. The zero-order valence-corrected chi connectivity index (χ0v) is 15.7. The number of nitrogens with zero attached hydrogens (tertiary/aromatic N) is 1. The molecule has 146 valence electrons. The van der Waals surface area contributed by atoms with Gasteiger partial charge in [-0.1, -0.05) is 33.6 Å². The van der Waals surface area contributed by atoms with Crippen LogP contribution in [-0.2, 0) is 14.4 Å². The van der Waals surface area contributed by atoms with E-state index in [1.54, 1.807) is 6.92 Å². The Labute approximate surface area is 153 Å². The van der Waals surface area contributed by atoms with Crippen LogP contribution < -0.4 is 10.6 Å². The minimum absolute atomic E-state index is 0.254. The van der Waals surface area contributed by atoms with Gasteiger partial charge in [-0.05, 0) is 37.5 Å². The van der Waals surface area contributed by atoms with Crippen LogP contribution in [0.1, 0.15) is 59.3 Å². The summed E-state index contributed by atoms with van der Waals surface area (Å²) in [5, 5.41) is 14.5. The second kappa shape index (κ2) is 8.05. The normalized spacial score (nSPS) is 28.0. The van der Waals surface area contributed by atoms with Gasteiger partial charge in [0.2, 0.25) is 5.91 Å². The molecule has 1 aliphatic carbocycles. The highest BCUT2D eigenvalue weighted by Crippen LogP contribution is 2.37. The number of imide groups is 1. The van der Waals surface area contributed by atoms with Gasteiger partial charge in [-0.2, -0.15) is 0 Å². The molecule has 1 aliphatic heterocycles. The van der Waals surface area contributed by atoms with Crippen molar-refractivity contribution in [2.45, 2.75) is 70.9 Å². The third kappa shape index (κ3) is 3.99. The summed E-state index contributed by atoms with van der Waals surface area (Å²) in [7, 11) is 0. The van der Waals surface area contributed by atoms with Crippen LogP contribution in [0.3, 0.4) is 0 Å². The van der Waals surface area contributed by atoms with E-state index in [1.807, 2.05) is 6.92 Å². The molecule has 0 bridgehead atoms. The second-order valence-electron chi connectivity index (χ2n) is 7.52. The lowest BCUT2D eigenvalue weighted by Crippen LogP contribution is -2.51. The quantitative estimate of drug-likeness (QED) is 0.590. The molecule has 2 rings (SSSR count). The Morgan fingerprint density at radius 2 is 1.92 bits per heavy atom. The zero-order chi connectivity index (χ0) is 19.5. The van der Waals surface area contributed by atoms with E-state index < -0.39 is 36.0 Å². The van der Waals surface area contributed by atoms with Gasteiger partial charge in [0, 0.05) is 0 Å². The van der Waals surface area contributed by atoms with E-state index in [1.165, 1.54) is 0 Å². The summed E-state index contributed by atoms with van der Waals surface area (Å²) < 4.78 is 0. The van der Waals surface area contributed by atoms with Gasteiger partial charge in [0.15, 0.2) is 0 Å². The molecule has 0 aromatic heterocycles. The van der Waals surface area contributed by atoms with Crippen molar-refractivity contribution < 1.29 is 24.3 Å². The number of carboxylic acids is 1. The molecular weight excluding hydrogens is 338 g/mol. The van der Waals surface area contributed by atoms with E-state index in [9.17, 15) is 24.3 Å². The van der Waals surface area contributed by atoms with Crippen LogP contribution in [0.25, 0.3) is 0 Å². The average molecular weight is 367 g/mol. The van der Waals surface area contributed by atoms with E-state index in [-0.39, 0.29) is 11.8 Å². The van der Waals surface area contributed by atoms with E-state index in [0.717, 1.165) is 24.2 Å². The molecule has 0 aromatic carbocycles. The molecule has 0 radical (unpaired) electrons. The maximum absolute atomic E-state index is 12.8. The van der Waals surface area contributed by atoms with Crippen molar-refractivity contribution in [3.05, 3.63) is 0 Å². The van der Waals surface area contributed by atoms with Crippen molar-refractivity contribution in [3.63, 3.8) is 0 Å². The molecule has 4 amide bonds. The fourth-order valence-electron chi connectivity index (χ4n) is 3.78. The second-order valence-corrected chi connectivity index (χ2v) is 7.52. The van der Waals surface area contributed by atoms with Crippen LogP contribution in [0.2, 0.25) is 0 Å². The summed E-state index contributed by atoms with van der Waals surface area (Å²) in [5.41, 5.74) is -0.897. The van der Waals surface area contributed by atoms with E-state index >= 15 is 0 Å². The summed E-state index contributed by atoms with van der Waals surface area (Å²) in [5.74, 6) is -1.83. The van der Waals surface area contributed by atoms with Gasteiger partial charge in [-0.15, -0.1) is 0 Å². The van der Waals surface area contributed by atoms with Gasteiger partial charge in [0.05, 0.1) is 0 Å². The van der Waals surface area contributed by atoms with Crippen molar-refractivity contribution in [1.82, 2.24) is 15.5 Å². The van der Waals surface area contributed by atoms with Crippen LogP contribution in [-0.4, -0.2) is 51.9 Å². The Balaban J connectivity index is 2.01. The third-order valence-corrected chi connectivity index (χ3v) is 5.88. The lowest BCUT2D eigenvalue weighted by atomic mass is 9.75. The highest BCUT2D eigenvalue weighted by Gasteiger charge is 2.52. The highest BCUT2D eigenvalue weighted by molar-refractivity contribution is 6.09. The van der Waals surface area contributed by atoms with Crippen LogP contribution >= 0.6 is 0 Å². The Morgan fingerprint density at radius 1 is 1.31 bits per heavy atom. The number of rotatable bonds is 7. The Kier molecular flexibility index (Phi) is 6.26. The summed E-state index contributed by atoms with van der Waals surface area (Å²) in [6, 6.07) is -1.61. The number of carbonyl (C=O) groups excluding carboxylic acids is 3. The van der Waals surface area contributed by atoms with E-state index in [4.69, 9.17) is 0 Å². The molecule has 8 heteroatoms. The fourth-order valence-corrected chi connectivity index (χ4v) is 3.78. The summed E-state index contributed by atoms with van der Waals surface area (Å²) in [6.07, 6.45) is 4.55. The Hall–Kier alpha value is -2.12. The fraction of sp³-hybridized carbons (Fsp3) is 0.778. The van der Waals surface area contributed by atoms with Crippen molar-refractivity contribution in [1.29, 1.82) is 0 Å². The number of carbonyl (C=O) groups is 4. The first kappa shape index (κ1) is 20.2. The van der Waals surface area contributed by atoms with E-state index in [2.05, 4.69) is 17.6 Å². The van der Waals surface area contributed by atoms with Crippen LogP contribution in [0.5, 0.6) is 0 Å². The number of aliphatic carboxylic acids is 1. The Bertz CT molecular complexity index is 583. The standard InChI is InChI=1S/C18H29N3O5/c1-4-11(3)14(15(23)24)19-13(22)10-21-16(25)18(20-17(21)26)8-6-12(5-2)7-9-18/h11-12,14H,4-10H2,1-3H3,(H,19,22)(H,20,26)(H,23,24)/t11-,12?,14-,18?/m0/s1. The van der Waals surface area contributed by atoms with Gasteiger partial charge in [0.25, 0.3) is 5.91 Å². The molecule has 3 N–H and O–H groups in total. The van der Waals surface area contributed by atoms with Crippen molar-refractivity contribution in [2.24, 2.45) is 11.8 Å². The number of carboxylic acid groups (broad SMARTS) is 1. The molecule has 1 saturated carbocycles. The molecule has 8 nitrogen and oxygen atoms in total. The molecule has 1 saturated heterocycles. The van der Waals surface area contributed by atoms with E-state index in [0.29, 0.717) is 25.2 Å². The SMILES string of the molecule is CCC1CCC2(CC1)NC(=O)N(CC(=O)N[C@H](C(=O)O)[C@@H](C)CC)C2=O. The third-order valence-electron chi connectivity index (χ3n) is 5.88. The molecule has 1 spiro atoms. The maximum atomic E-state index is 12.8. The van der Waals surface area contributed by atoms with Crippen LogP contribution in [0.4, 0.5) is 4.79 Å². The number of urea groups is 1. The van der Waals surface area contributed by atoms with Gasteiger partial charge in [-0.25, -0.2) is 9.59 Å². The number of nitrogens with one attached hydrogen (secondary N) is 2. The molecule has 2 aliphatic rings. The first-order chi connectivity index (χ1) is 12.2. The maximum Gasteiger partial charge on any atom is 0.326 e. The summed E-state index contributed by atoms with van der Waals surface area (Å²) in [4.78, 5) is 49.5. The number of amides is 4. The number of hydrogen-bond donors (Lipinski definition) is 3. The van der Waals surface area contributed by atoms with Crippen LogP contribution in [0.15, 0.2) is 0 Å². The molecule has 0 unspecified atom stereocenters. The van der Waals surface area contributed by atoms with Gasteiger partial charge < -0.3 is 15.7 Å². The van der Waals surface area contributed by atoms with Gasteiger partial charge in [0.1, 0.15) is 18.1 Å². The van der Waals surface area contributed by atoms with Gasteiger partial charge in [-0.3, -0.25) is 14.5 Å². The van der Waals surface area contributed by atoms with Crippen molar-refractivity contribution in [3.8, 4) is 0 Å².